The lowest BCUT2D eigenvalue weighted by Crippen LogP contribution is -2.65. The van der Waals surface area contributed by atoms with Gasteiger partial charge in [0.2, 0.25) is 0 Å². The summed E-state index contributed by atoms with van der Waals surface area (Å²) < 4.78 is 28.1. The van der Waals surface area contributed by atoms with Crippen molar-refractivity contribution in [2.75, 3.05) is 7.11 Å². The van der Waals surface area contributed by atoms with Crippen molar-refractivity contribution in [3.63, 3.8) is 0 Å². The molecule has 19 heteroatoms. The molecular formula is C48H75NO18. The summed E-state index contributed by atoms with van der Waals surface area (Å²) in [7, 11) is 1.04. The molecule has 2 fully saturated rings. The van der Waals surface area contributed by atoms with Crippen molar-refractivity contribution in [2.45, 2.75) is 176 Å². The quantitative estimate of drug-likeness (QED) is 0.163. The highest BCUT2D eigenvalue weighted by atomic mass is 16.7. The average molecular weight is 954 g/mol. The van der Waals surface area contributed by atoms with Crippen molar-refractivity contribution < 1.29 is 89.4 Å². The fourth-order valence-corrected chi connectivity index (χ4v) is 8.06. The minimum atomic E-state index is -2.76. The first-order valence-corrected chi connectivity index (χ1v) is 22.8. The minimum Gasteiger partial charge on any atom is -0.469 e. The van der Waals surface area contributed by atoms with Crippen LogP contribution in [0.1, 0.15) is 72.6 Å². The van der Waals surface area contributed by atoms with E-state index < -0.39 is 147 Å². The molecular weight excluding hydrogens is 879 g/mol. The monoisotopic (exact) mass is 953 g/mol. The van der Waals surface area contributed by atoms with E-state index in [0.717, 1.165) is 7.11 Å². The molecule has 0 amide bonds. The fourth-order valence-electron chi connectivity index (χ4n) is 8.06. The van der Waals surface area contributed by atoms with E-state index in [2.05, 4.69) is 0 Å². The first-order valence-electron chi connectivity index (χ1n) is 22.8. The second-order valence-electron chi connectivity index (χ2n) is 17.8. The zero-order valence-corrected chi connectivity index (χ0v) is 38.9. The molecule has 3 aliphatic heterocycles. The molecule has 2 bridgehead atoms. The Morgan fingerprint density at radius 3 is 1.82 bits per heavy atom. The largest absolute Gasteiger partial charge is 0.469 e. The fraction of sp³-hybridized carbons (Fsp3) is 0.667. The van der Waals surface area contributed by atoms with Gasteiger partial charge in [0.25, 0.3) is 0 Å². The Labute approximate surface area is 392 Å². The van der Waals surface area contributed by atoms with Crippen LogP contribution in [0.3, 0.4) is 0 Å². The van der Waals surface area contributed by atoms with Crippen LogP contribution in [0.5, 0.6) is 0 Å². The van der Waals surface area contributed by atoms with Crippen molar-refractivity contribution in [2.24, 2.45) is 23.5 Å². The maximum atomic E-state index is 13.1. The van der Waals surface area contributed by atoms with Gasteiger partial charge in [-0.05, 0) is 33.1 Å². The smallest absolute Gasteiger partial charge is 0.314 e. The van der Waals surface area contributed by atoms with Crippen LogP contribution < -0.4 is 5.73 Å². The highest BCUT2D eigenvalue weighted by Gasteiger charge is 2.57. The van der Waals surface area contributed by atoms with Gasteiger partial charge in [-0.15, -0.1) is 0 Å². The molecule has 0 aromatic heterocycles. The first kappa shape index (κ1) is 57.8. The molecule has 19 nitrogen and oxygen atoms in total. The molecule has 3 heterocycles. The summed E-state index contributed by atoms with van der Waals surface area (Å²) in [6, 6.07) is -1.17. The Hall–Kier alpha value is -3.48. The van der Waals surface area contributed by atoms with Crippen LogP contribution in [0.25, 0.3) is 0 Å². The van der Waals surface area contributed by atoms with Crippen molar-refractivity contribution in [1.82, 2.24) is 0 Å². The summed E-state index contributed by atoms with van der Waals surface area (Å²) in [5, 5.41) is 120. The lowest BCUT2D eigenvalue weighted by atomic mass is 9.80. The lowest BCUT2D eigenvalue weighted by molar-refractivity contribution is -0.347. The Morgan fingerprint density at radius 1 is 0.672 bits per heavy atom. The summed E-state index contributed by atoms with van der Waals surface area (Å²) in [6.45, 7) is 6.72. The third kappa shape index (κ3) is 18.1. The number of aliphatic hydroxyl groups is 11. The summed E-state index contributed by atoms with van der Waals surface area (Å²) in [4.78, 5) is 25.7. The maximum Gasteiger partial charge on any atom is 0.314 e. The third-order valence-corrected chi connectivity index (χ3v) is 12.4. The Balaban J connectivity index is 1.91. The number of nitrogens with two attached hydrogens (primary N) is 1. The highest BCUT2D eigenvalue weighted by molar-refractivity contribution is 5.74. The zero-order valence-electron chi connectivity index (χ0n) is 38.9. The minimum absolute atomic E-state index is 0.138. The molecule has 13 N–H and O–H groups in total. The Morgan fingerprint density at radius 2 is 1.24 bits per heavy atom. The number of rotatable bonds is 3. The van der Waals surface area contributed by atoms with Crippen LogP contribution in [0, 0.1) is 17.8 Å². The number of esters is 2. The molecule has 0 radical (unpaired) electrons. The van der Waals surface area contributed by atoms with Gasteiger partial charge < -0.3 is 85.6 Å². The van der Waals surface area contributed by atoms with E-state index in [1.807, 2.05) is 13.0 Å². The Bertz CT molecular complexity index is 1720. The van der Waals surface area contributed by atoms with Gasteiger partial charge in [-0.3, -0.25) is 9.59 Å². The normalized spacial score (nSPS) is 45.6. The Kier molecular flexibility index (Phi) is 24.4. The number of ether oxygens (including phenoxy) is 5. The molecule has 0 saturated carbocycles. The third-order valence-electron chi connectivity index (χ3n) is 12.4. The SMILES string of the molecule is COC(=O)[C@@H]1[C@@H](O)[C@H](O)[C@@]2(O)C[C@@H](O)C[C@@H](O)[C@@H](O)CC[C@@H](O)C[C@@H](O)CC(=O)O[C@@H](C)[C@H](C)[C@H](O)[C@@H](C)\C=C/C=C/C=C/C=C/C=C/C=C/C=C/[C@H](OC3O[C@@H](C)[C@@H](O)[C@H](N)[C@@H]3O)C[C@@H]1O2. The van der Waals surface area contributed by atoms with Crippen LogP contribution in [0.2, 0.25) is 0 Å². The van der Waals surface area contributed by atoms with Crippen LogP contribution in [-0.2, 0) is 33.3 Å². The van der Waals surface area contributed by atoms with E-state index in [4.69, 9.17) is 29.4 Å². The van der Waals surface area contributed by atoms with E-state index in [-0.39, 0.29) is 31.6 Å². The van der Waals surface area contributed by atoms with Gasteiger partial charge in [-0.1, -0.05) is 98.9 Å². The number of aliphatic hydroxyl groups excluding tert-OH is 10. The predicted octanol–water partition coefficient (Wildman–Crippen LogP) is -0.229. The van der Waals surface area contributed by atoms with E-state index in [1.165, 1.54) is 13.0 Å². The van der Waals surface area contributed by atoms with Crippen LogP contribution in [0.4, 0.5) is 0 Å². The van der Waals surface area contributed by atoms with Crippen LogP contribution in [-0.4, -0.2) is 179 Å². The van der Waals surface area contributed by atoms with Crippen LogP contribution in [0.15, 0.2) is 85.1 Å². The number of carbonyl (C=O) groups is 2. The molecule has 0 aliphatic carbocycles. The number of fused-ring (bicyclic) bond motifs is 2. The average Bonchev–Trinajstić information content (AvgIpc) is 3.27. The molecule has 67 heavy (non-hydrogen) atoms. The second kappa shape index (κ2) is 28.3. The summed E-state index contributed by atoms with van der Waals surface area (Å²) in [5.41, 5.74) is 6.04. The summed E-state index contributed by atoms with van der Waals surface area (Å²) >= 11 is 0. The standard InChI is InChI=1S/C48H75NO18/c1-27-18-16-14-12-10-8-6-7-9-11-13-15-17-19-34(66-47-44(59)40(49)42(57)30(4)65-47)25-37-39(46(61)63-5)43(58)45(60)48(62,67-37)26-33(52)23-36(54)35(53)21-20-31(50)22-32(51)24-38(55)64-29(3)28(2)41(27)56/h6-19,27-37,39-45,47,50-54,56-60,62H,20-26,49H2,1-5H3/b7-6+,10-8+,11-9+,14-12+,15-13+,18-16-,19-17+/t27-,28-,29-,30-,31+,32+,33-,34-,35-,36+,37-,39-,40-,41+,42+,43+,44-,45-,47?,48+/m0/s1. The lowest BCUT2D eigenvalue weighted by Gasteiger charge is -2.48. The molecule has 0 spiro atoms. The van der Waals surface area contributed by atoms with E-state index in [1.54, 1.807) is 86.8 Å². The van der Waals surface area contributed by atoms with Crippen molar-refractivity contribution >= 4 is 11.9 Å². The topological polar surface area (TPSA) is 329 Å². The molecule has 3 rings (SSSR count). The molecule has 3 aliphatic rings. The highest BCUT2D eigenvalue weighted by Crippen LogP contribution is 2.39. The first-order chi connectivity index (χ1) is 31.6. The summed E-state index contributed by atoms with van der Waals surface area (Å²) in [6.07, 6.45) is 0.534. The number of allylic oxidation sites excluding steroid dienone is 12. The number of cyclic esters (lactones) is 1. The molecule has 0 aromatic carbocycles. The van der Waals surface area contributed by atoms with E-state index in [0.29, 0.717) is 0 Å². The summed E-state index contributed by atoms with van der Waals surface area (Å²) in [5.74, 6) is -6.90. The number of methoxy groups -OCH3 is 1. The second-order valence-corrected chi connectivity index (χ2v) is 17.8. The molecule has 1 unspecified atom stereocenters. The maximum absolute atomic E-state index is 13.1. The molecule has 20 atom stereocenters. The van der Waals surface area contributed by atoms with Gasteiger partial charge in [0.05, 0.1) is 80.6 Å². The predicted molar refractivity (Wildman–Crippen MR) is 243 cm³/mol. The number of carbonyl (C=O) groups excluding carboxylic acids is 2. The molecule has 380 valence electrons. The van der Waals surface area contributed by atoms with Gasteiger partial charge in [0, 0.05) is 31.1 Å². The zero-order chi connectivity index (χ0) is 50.0. The number of hydrogen-bond acceptors (Lipinski definition) is 19. The van der Waals surface area contributed by atoms with E-state index >= 15 is 0 Å². The number of hydrogen-bond donors (Lipinski definition) is 12. The van der Waals surface area contributed by atoms with Crippen LogP contribution >= 0.6 is 0 Å². The van der Waals surface area contributed by atoms with Gasteiger partial charge in [0.15, 0.2) is 12.1 Å². The van der Waals surface area contributed by atoms with Gasteiger partial charge in [-0.2, -0.15) is 0 Å². The van der Waals surface area contributed by atoms with Crippen molar-refractivity contribution in [1.29, 1.82) is 0 Å². The van der Waals surface area contributed by atoms with Gasteiger partial charge in [0.1, 0.15) is 30.3 Å². The van der Waals surface area contributed by atoms with E-state index in [9.17, 15) is 65.8 Å². The molecule has 2 saturated heterocycles. The van der Waals surface area contributed by atoms with Crippen molar-refractivity contribution in [3.8, 4) is 0 Å². The van der Waals surface area contributed by atoms with Gasteiger partial charge >= 0.3 is 11.9 Å². The van der Waals surface area contributed by atoms with Gasteiger partial charge in [-0.25, -0.2) is 0 Å². The molecule has 0 aromatic rings. The van der Waals surface area contributed by atoms with Crippen molar-refractivity contribution in [3.05, 3.63) is 85.1 Å².